The number of benzene rings is 3. The molecule has 2 amide bonds. The fourth-order valence-corrected chi connectivity index (χ4v) is 6.91. The van der Waals surface area contributed by atoms with Gasteiger partial charge in [0.15, 0.2) is 11.5 Å². The molecule has 0 heterocycles. The molecule has 1 fully saturated rings. The fourth-order valence-electron chi connectivity index (χ4n) is 5.04. The molecule has 1 aliphatic rings. The first-order valence-corrected chi connectivity index (χ1v) is 16.0. The van der Waals surface area contributed by atoms with Crippen LogP contribution in [-0.2, 0) is 26.2 Å². The maximum absolute atomic E-state index is 14.1. The Balaban J connectivity index is 1.72. The molecule has 3 aromatic rings. The van der Waals surface area contributed by atoms with Gasteiger partial charge in [0.1, 0.15) is 12.6 Å². The van der Waals surface area contributed by atoms with Crippen LogP contribution in [0.3, 0.4) is 0 Å². The van der Waals surface area contributed by atoms with Crippen LogP contribution in [0.4, 0.5) is 5.69 Å². The molecule has 1 N–H and O–H groups in total. The summed E-state index contributed by atoms with van der Waals surface area (Å²) in [5, 5.41) is 3.08. The molecule has 9 nitrogen and oxygen atoms in total. The number of halogens is 1. The lowest BCUT2D eigenvalue weighted by Crippen LogP contribution is -2.52. The van der Waals surface area contributed by atoms with E-state index in [0.717, 1.165) is 40.0 Å². The Bertz CT molecular complexity index is 1500. The Morgan fingerprint density at radius 1 is 0.952 bits per heavy atom. The van der Waals surface area contributed by atoms with E-state index in [1.807, 2.05) is 24.3 Å². The molecular formula is C31H36BrN3O6S. The first-order chi connectivity index (χ1) is 20.1. The highest BCUT2D eigenvalue weighted by atomic mass is 79.9. The number of sulfonamides is 1. The quantitative estimate of drug-likeness (QED) is 0.289. The zero-order chi connectivity index (χ0) is 30.3. The monoisotopic (exact) mass is 657 g/mol. The molecule has 1 saturated carbocycles. The van der Waals surface area contributed by atoms with E-state index in [0.29, 0.717) is 11.5 Å². The van der Waals surface area contributed by atoms with Gasteiger partial charge in [-0.2, -0.15) is 0 Å². The van der Waals surface area contributed by atoms with Crippen LogP contribution in [0.15, 0.2) is 82.2 Å². The van der Waals surface area contributed by atoms with Crippen LogP contribution in [0.5, 0.6) is 11.5 Å². The van der Waals surface area contributed by atoms with Gasteiger partial charge in [-0.15, -0.1) is 0 Å². The molecule has 0 saturated heterocycles. The summed E-state index contributed by atoms with van der Waals surface area (Å²) >= 11 is 3.47. The Morgan fingerprint density at radius 3 is 2.29 bits per heavy atom. The summed E-state index contributed by atoms with van der Waals surface area (Å²) in [5.74, 6) is -0.0729. The summed E-state index contributed by atoms with van der Waals surface area (Å²) in [6.07, 6.45) is 3.91. The van der Waals surface area contributed by atoms with E-state index >= 15 is 0 Å². The third-order valence-corrected chi connectivity index (χ3v) is 9.66. The molecule has 11 heteroatoms. The van der Waals surface area contributed by atoms with E-state index < -0.39 is 28.5 Å². The highest BCUT2D eigenvalue weighted by Crippen LogP contribution is 2.34. The van der Waals surface area contributed by atoms with Crippen LogP contribution >= 0.6 is 15.9 Å². The average molecular weight is 659 g/mol. The van der Waals surface area contributed by atoms with Gasteiger partial charge >= 0.3 is 0 Å². The summed E-state index contributed by atoms with van der Waals surface area (Å²) in [5.41, 5.74) is 1.01. The third kappa shape index (κ3) is 7.43. The van der Waals surface area contributed by atoms with Crippen LogP contribution in [0.1, 0.15) is 38.2 Å². The lowest BCUT2D eigenvalue weighted by atomic mass is 10.1. The molecule has 0 aromatic heterocycles. The topological polar surface area (TPSA) is 105 Å². The van der Waals surface area contributed by atoms with Crippen molar-refractivity contribution in [1.29, 1.82) is 0 Å². The van der Waals surface area contributed by atoms with Crippen molar-refractivity contribution in [3.8, 4) is 11.5 Å². The molecule has 0 bridgehead atoms. The standard InChI is InChI=1S/C31H36BrN3O6S/c1-22(31(37)33-25-12-7-8-13-25)34(20-23-10-9-11-24(32)18-23)30(36)21-35(42(38,39)27-14-5-4-6-15-27)26-16-17-28(40-2)29(19-26)41-3/h4-6,9-11,14-19,22,25H,7-8,12-13,20-21H2,1-3H3,(H,33,37)/t22-/m0/s1. The van der Waals surface area contributed by atoms with Crippen molar-refractivity contribution in [2.75, 3.05) is 25.1 Å². The van der Waals surface area contributed by atoms with Crippen molar-refractivity contribution < 1.29 is 27.5 Å². The first kappa shape index (κ1) is 31.4. The predicted octanol–water partition coefficient (Wildman–Crippen LogP) is 5.14. The van der Waals surface area contributed by atoms with Crippen LogP contribution < -0.4 is 19.1 Å². The zero-order valence-electron chi connectivity index (χ0n) is 24.0. The van der Waals surface area contributed by atoms with Crippen molar-refractivity contribution in [2.45, 2.75) is 56.1 Å². The summed E-state index contributed by atoms with van der Waals surface area (Å²) in [6.45, 7) is 1.25. The number of amides is 2. The van der Waals surface area contributed by atoms with Gasteiger partial charge in [-0.1, -0.05) is 59.1 Å². The van der Waals surface area contributed by atoms with Gasteiger partial charge in [-0.05, 0) is 61.7 Å². The zero-order valence-corrected chi connectivity index (χ0v) is 26.4. The number of methoxy groups -OCH3 is 2. The molecule has 3 aromatic carbocycles. The summed E-state index contributed by atoms with van der Waals surface area (Å²) < 4.78 is 40.6. The normalized spacial score (nSPS) is 14.2. The lowest BCUT2D eigenvalue weighted by Gasteiger charge is -2.32. The van der Waals surface area contributed by atoms with E-state index in [9.17, 15) is 18.0 Å². The van der Waals surface area contributed by atoms with Gasteiger partial charge in [-0.3, -0.25) is 13.9 Å². The number of ether oxygens (including phenoxy) is 2. The SMILES string of the molecule is COc1ccc(N(CC(=O)N(Cc2cccc(Br)c2)[C@@H](C)C(=O)NC2CCCC2)S(=O)(=O)c2ccccc2)cc1OC. The summed E-state index contributed by atoms with van der Waals surface area (Å²) in [7, 11) is -1.25. The van der Waals surface area contributed by atoms with Gasteiger partial charge in [-0.25, -0.2) is 8.42 Å². The molecule has 0 radical (unpaired) electrons. The average Bonchev–Trinajstić information content (AvgIpc) is 3.51. The maximum atomic E-state index is 14.1. The van der Waals surface area contributed by atoms with Crippen molar-refractivity contribution in [1.82, 2.24) is 10.2 Å². The Morgan fingerprint density at radius 2 is 1.64 bits per heavy atom. The van der Waals surface area contributed by atoms with Crippen LogP contribution in [0, 0.1) is 0 Å². The fraction of sp³-hybridized carbons (Fsp3) is 0.355. The second-order valence-corrected chi connectivity index (χ2v) is 13.0. The minimum atomic E-state index is -4.19. The molecular weight excluding hydrogens is 622 g/mol. The number of hydrogen-bond donors (Lipinski definition) is 1. The minimum absolute atomic E-state index is 0.0261. The van der Waals surface area contributed by atoms with Gasteiger partial charge in [0.05, 0.1) is 24.8 Å². The molecule has 42 heavy (non-hydrogen) atoms. The van der Waals surface area contributed by atoms with E-state index in [1.165, 1.54) is 37.3 Å². The number of rotatable bonds is 12. The molecule has 0 unspecified atom stereocenters. The highest BCUT2D eigenvalue weighted by Gasteiger charge is 2.33. The number of hydrogen-bond acceptors (Lipinski definition) is 6. The molecule has 0 aliphatic heterocycles. The van der Waals surface area contributed by atoms with Crippen LogP contribution in [-0.4, -0.2) is 58.0 Å². The molecule has 1 aliphatic carbocycles. The van der Waals surface area contributed by atoms with Crippen molar-refractivity contribution >= 4 is 43.5 Å². The molecule has 0 spiro atoms. The van der Waals surface area contributed by atoms with Gasteiger partial charge < -0.3 is 19.7 Å². The highest BCUT2D eigenvalue weighted by molar-refractivity contribution is 9.10. The smallest absolute Gasteiger partial charge is 0.264 e. The van der Waals surface area contributed by atoms with Crippen LogP contribution in [0.2, 0.25) is 0 Å². The van der Waals surface area contributed by atoms with Gasteiger partial charge in [0, 0.05) is 23.1 Å². The number of nitrogens with zero attached hydrogens (tertiary/aromatic N) is 2. The first-order valence-electron chi connectivity index (χ1n) is 13.8. The van der Waals surface area contributed by atoms with E-state index in [4.69, 9.17) is 9.47 Å². The third-order valence-electron chi connectivity index (χ3n) is 7.38. The maximum Gasteiger partial charge on any atom is 0.264 e. The Hall–Kier alpha value is -3.57. The Labute approximate surface area is 256 Å². The second-order valence-electron chi connectivity index (χ2n) is 10.2. The number of carbonyl (C=O) groups excluding carboxylic acids is 2. The number of anilines is 1. The second kappa shape index (κ2) is 14.1. The van der Waals surface area contributed by atoms with Crippen molar-refractivity contribution in [2.24, 2.45) is 0 Å². The van der Waals surface area contributed by atoms with E-state index in [1.54, 1.807) is 37.3 Å². The Kier molecular flexibility index (Phi) is 10.5. The predicted molar refractivity (Wildman–Crippen MR) is 165 cm³/mol. The van der Waals surface area contributed by atoms with Crippen molar-refractivity contribution in [3.05, 3.63) is 82.8 Å². The largest absolute Gasteiger partial charge is 0.493 e. The lowest BCUT2D eigenvalue weighted by molar-refractivity contribution is -0.139. The summed E-state index contributed by atoms with van der Waals surface area (Å²) in [4.78, 5) is 28.9. The van der Waals surface area contributed by atoms with Gasteiger partial charge in [0.2, 0.25) is 11.8 Å². The molecule has 1 atom stereocenters. The van der Waals surface area contributed by atoms with Crippen molar-refractivity contribution in [3.63, 3.8) is 0 Å². The summed E-state index contributed by atoms with van der Waals surface area (Å²) in [6, 6.07) is 19.3. The van der Waals surface area contributed by atoms with Crippen LogP contribution in [0.25, 0.3) is 0 Å². The number of nitrogens with one attached hydrogen (secondary N) is 1. The van der Waals surface area contributed by atoms with E-state index in [2.05, 4.69) is 21.2 Å². The minimum Gasteiger partial charge on any atom is -0.493 e. The molecule has 4 rings (SSSR count). The molecule has 224 valence electrons. The van der Waals surface area contributed by atoms with Gasteiger partial charge in [0.25, 0.3) is 10.0 Å². The number of carbonyl (C=O) groups is 2. The van der Waals surface area contributed by atoms with E-state index in [-0.39, 0.29) is 29.1 Å².